The van der Waals surface area contributed by atoms with Crippen molar-refractivity contribution in [1.29, 1.82) is 0 Å². The van der Waals surface area contributed by atoms with Gasteiger partial charge in [-0.1, -0.05) is 165 Å². The Hall–Kier alpha value is -7.42. The van der Waals surface area contributed by atoms with Crippen LogP contribution in [0.4, 0.5) is 0 Å². The van der Waals surface area contributed by atoms with E-state index in [1.165, 1.54) is 117 Å². The molecule has 9 aromatic carbocycles. The summed E-state index contributed by atoms with van der Waals surface area (Å²) in [6.45, 7) is 2.28. The SMILES string of the molecule is CCCCc1ccc2c(c1)c1cc(-c3ccc4c(c3)c3ccccc3n4-c3ccc(-c4c5ccccc5c(-c5ccccc5)c5ccccc45)cc3)ccc1n2C1C=CC=CC1. The fourth-order valence-corrected chi connectivity index (χ4v) is 10.5. The summed E-state index contributed by atoms with van der Waals surface area (Å²) < 4.78 is 5.00. The molecule has 2 nitrogen and oxygen atoms in total. The number of hydrogen-bond donors (Lipinski definition) is 0. The summed E-state index contributed by atoms with van der Waals surface area (Å²) >= 11 is 0. The topological polar surface area (TPSA) is 9.86 Å². The number of aromatic nitrogens is 2. The van der Waals surface area contributed by atoms with Crippen molar-refractivity contribution in [2.24, 2.45) is 0 Å². The highest BCUT2D eigenvalue weighted by molar-refractivity contribution is 6.21. The molecular formula is C60H46N2. The number of aryl methyl sites for hydroxylation is 1. The molecule has 0 N–H and O–H groups in total. The number of allylic oxidation sites excluding steroid dienone is 4. The normalized spacial score (nSPS) is 14.0. The van der Waals surface area contributed by atoms with Crippen LogP contribution in [-0.4, -0.2) is 9.13 Å². The van der Waals surface area contributed by atoms with Gasteiger partial charge in [0.15, 0.2) is 0 Å². The smallest absolute Gasteiger partial charge is 0.0560 e. The van der Waals surface area contributed by atoms with Gasteiger partial charge in [-0.2, -0.15) is 0 Å². The van der Waals surface area contributed by atoms with Crippen LogP contribution in [0, 0.1) is 0 Å². The largest absolute Gasteiger partial charge is 0.333 e. The van der Waals surface area contributed by atoms with Gasteiger partial charge in [0, 0.05) is 38.3 Å². The fraction of sp³-hybridized carbons (Fsp3) is 0.100. The predicted octanol–water partition coefficient (Wildman–Crippen LogP) is 16.6. The Bertz CT molecular complexity index is 3520. The highest BCUT2D eigenvalue weighted by atomic mass is 15.0. The standard InChI is InChI=1S/C60H46N2/c1-2-3-16-40-27-34-56-52(37-40)54-39-44(31-36-58(54)61(56)45-19-8-5-9-20-45)43-30-35-57-53(38-43)47-21-14-15-26-55(47)62(57)46-32-28-42(29-33-46)60-50-24-12-10-22-48(50)59(41-17-6-4-7-18-41)49-23-11-13-25-51(49)60/h4-15,17-19,21-39,45H,2-3,16,20H2,1H3. The molecule has 0 saturated carbocycles. The maximum Gasteiger partial charge on any atom is 0.0560 e. The van der Waals surface area contributed by atoms with Gasteiger partial charge in [0.25, 0.3) is 0 Å². The van der Waals surface area contributed by atoms with Crippen LogP contribution in [0.15, 0.2) is 206 Å². The minimum Gasteiger partial charge on any atom is -0.333 e. The second-order valence-electron chi connectivity index (χ2n) is 17.0. The summed E-state index contributed by atoms with van der Waals surface area (Å²) in [6, 6.07) is 68.4. The van der Waals surface area contributed by atoms with Gasteiger partial charge in [-0.3, -0.25) is 0 Å². The van der Waals surface area contributed by atoms with E-state index in [-0.39, 0.29) is 0 Å². The van der Waals surface area contributed by atoms with E-state index in [2.05, 4.69) is 222 Å². The summed E-state index contributed by atoms with van der Waals surface area (Å²) in [4.78, 5) is 0. The monoisotopic (exact) mass is 794 g/mol. The van der Waals surface area contributed by atoms with Crippen molar-refractivity contribution in [3.63, 3.8) is 0 Å². The van der Waals surface area contributed by atoms with E-state index in [0.29, 0.717) is 6.04 Å². The molecule has 0 bridgehead atoms. The maximum absolute atomic E-state index is 2.56. The zero-order valence-electron chi connectivity index (χ0n) is 34.9. The van der Waals surface area contributed by atoms with Crippen LogP contribution in [0.25, 0.3) is 104 Å². The number of unbranched alkanes of at least 4 members (excludes halogenated alkanes) is 1. The molecule has 12 rings (SSSR count). The fourth-order valence-electron chi connectivity index (χ4n) is 10.5. The molecule has 11 aromatic rings. The first-order valence-corrected chi connectivity index (χ1v) is 22.3. The van der Waals surface area contributed by atoms with E-state index < -0.39 is 0 Å². The van der Waals surface area contributed by atoms with Gasteiger partial charge in [-0.15, -0.1) is 0 Å². The van der Waals surface area contributed by atoms with Gasteiger partial charge in [-0.05, 0) is 134 Å². The third-order valence-corrected chi connectivity index (χ3v) is 13.4. The molecule has 2 heteroatoms. The molecule has 1 unspecified atom stereocenters. The third-order valence-electron chi connectivity index (χ3n) is 13.4. The summed E-state index contributed by atoms with van der Waals surface area (Å²) in [5.41, 5.74) is 15.1. The van der Waals surface area contributed by atoms with Gasteiger partial charge in [0.2, 0.25) is 0 Å². The lowest BCUT2D eigenvalue weighted by Crippen LogP contribution is -2.06. The van der Waals surface area contributed by atoms with Crippen molar-refractivity contribution in [3.05, 3.63) is 212 Å². The van der Waals surface area contributed by atoms with Crippen LogP contribution < -0.4 is 0 Å². The average Bonchev–Trinajstić information content (AvgIpc) is 3.85. The van der Waals surface area contributed by atoms with Crippen LogP contribution in [-0.2, 0) is 6.42 Å². The van der Waals surface area contributed by atoms with Crippen LogP contribution in [0.1, 0.15) is 37.8 Å². The lowest BCUT2D eigenvalue weighted by Gasteiger charge is -2.18. The first kappa shape index (κ1) is 36.4. The van der Waals surface area contributed by atoms with Crippen LogP contribution in [0.3, 0.4) is 0 Å². The highest BCUT2D eigenvalue weighted by Crippen LogP contribution is 2.45. The number of nitrogens with zero attached hydrogens (tertiary/aromatic N) is 2. The number of hydrogen-bond acceptors (Lipinski definition) is 0. The van der Waals surface area contributed by atoms with E-state index >= 15 is 0 Å². The Morgan fingerprint density at radius 2 is 0.952 bits per heavy atom. The maximum atomic E-state index is 2.56. The van der Waals surface area contributed by atoms with E-state index in [0.717, 1.165) is 18.5 Å². The van der Waals surface area contributed by atoms with Crippen LogP contribution >= 0.6 is 0 Å². The Labute approximate surface area is 362 Å². The lowest BCUT2D eigenvalue weighted by atomic mass is 9.86. The van der Waals surface area contributed by atoms with Gasteiger partial charge < -0.3 is 9.13 Å². The van der Waals surface area contributed by atoms with Gasteiger partial charge in [0.1, 0.15) is 0 Å². The van der Waals surface area contributed by atoms with Crippen LogP contribution in [0.5, 0.6) is 0 Å². The lowest BCUT2D eigenvalue weighted by molar-refractivity contribution is 0.648. The molecule has 0 radical (unpaired) electrons. The Balaban J connectivity index is 0.978. The molecule has 0 amide bonds. The van der Waals surface area contributed by atoms with Crippen molar-refractivity contribution in [2.75, 3.05) is 0 Å². The number of fused-ring (bicyclic) bond motifs is 8. The van der Waals surface area contributed by atoms with Crippen molar-refractivity contribution in [3.8, 4) is 39.1 Å². The van der Waals surface area contributed by atoms with Gasteiger partial charge in [0.05, 0.1) is 17.1 Å². The molecule has 62 heavy (non-hydrogen) atoms. The molecule has 2 heterocycles. The average molecular weight is 795 g/mol. The zero-order valence-corrected chi connectivity index (χ0v) is 34.9. The first-order valence-electron chi connectivity index (χ1n) is 22.3. The molecule has 1 atom stereocenters. The first-order chi connectivity index (χ1) is 30.7. The zero-order chi connectivity index (χ0) is 41.1. The Kier molecular flexibility index (Phi) is 8.78. The third kappa shape index (κ3) is 5.85. The second kappa shape index (κ2) is 14.9. The molecule has 0 aliphatic heterocycles. The van der Waals surface area contributed by atoms with E-state index in [9.17, 15) is 0 Å². The van der Waals surface area contributed by atoms with Crippen molar-refractivity contribution in [1.82, 2.24) is 9.13 Å². The van der Waals surface area contributed by atoms with Gasteiger partial charge in [-0.25, -0.2) is 0 Å². The minimum atomic E-state index is 0.308. The molecule has 1 aliphatic rings. The molecule has 2 aromatic heterocycles. The Morgan fingerprint density at radius 3 is 1.58 bits per heavy atom. The summed E-state index contributed by atoms with van der Waals surface area (Å²) in [5, 5.41) is 10.3. The molecule has 0 saturated heterocycles. The van der Waals surface area contributed by atoms with E-state index in [1.54, 1.807) is 0 Å². The molecular weight excluding hydrogens is 749 g/mol. The highest BCUT2D eigenvalue weighted by Gasteiger charge is 2.20. The molecule has 296 valence electrons. The Morgan fingerprint density at radius 1 is 0.435 bits per heavy atom. The molecule has 1 aliphatic carbocycles. The number of benzene rings is 9. The number of para-hydroxylation sites is 1. The van der Waals surface area contributed by atoms with E-state index in [4.69, 9.17) is 0 Å². The molecule has 0 fully saturated rings. The summed E-state index contributed by atoms with van der Waals surface area (Å²) in [5.74, 6) is 0. The molecule has 0 spiro atoms. The summed E-state index contributed by atoms with van der Waals surface area (Å²) in [7, 11) is 0. The van der Waals surface area contributed by atoms with Crippen molar-refractivity contribution < 1.29 is 0 Å². The van der Waals surface area contributed by atoms with Gasteiger partial charge >= 0.3 is 0 Å². The minimum absolute atomic E-state index is 0.308. The van der Waals surface area contributed by atoms with E-state index in [1.807, 2.05) is 0 Å². The quantitative estimate of drug-likeness (QED) is 0.136. The van der Waals surface area contributed by atoms with Crippen LogP contribution in [0.2, 0.25) is 0 Å². The number of rotatable bonds is 8. The summed E-state index contributed by atoms with van der Waals surface area (Å²) in [6.07, 6.45) is 13.5. The second-order valence-corrected chi connectivity index (χ2v) is 17.0. The van der Waals surface area contributed by atoms with Crippen molar-refractivity contribution >= 4 is 65.2 Å². The predicted molar refractivity (Wildman–Crippen MR) is 266 cm³/mol. The van der Waals surface area contributed by atoms with Crippen molar-refractivity contribution in [2.45, 2.75) is 38.6 Å².